The minimum absolute atomic E-state index is 0.0714. The first-order valence-electron chi connectivity index (χ1n) is 9.55. The maximum Gasteiger partial charge on any atom is 0.322 e. The molecule has 0 unspecified atom stereocenters. The second kappa shape index (κ2) is 8.84. The van der Waals surface area contributed by atoms with Gasteiger partial charge in [0, 0.05) is 22.7 Å². The molecule has 1 aliphatic carbocycles. The number of amides is 2. The van der Waals surface area contributed by atoms with E-state index in [1.165, 1.54) is 0 Å². The van der Waals surface area contributed by atoms with Crippen LogP contribution in [0.4, 0.5) is 10.7 Å². The van der Waals surface area contributed by atoms with Crippen LogP contribution < -0.4 is 15.8 Å². The van der Waals surface area contributed by atoms with Gasteiger partial charge in [0.05, 0.1) is 47.7 Å². The molecule has 158 valence electrons. The molecule has 2 heterocycles. The van der Waals surface area contributed by atoms with Crippen LogP contribution in [0.25, 0.3) is 11.3 Å². The number of unbranched alkanes of at least 4 members (excludes halogenated alkanes) is 1. The minimum atomic E-state index is -0.242. The average Bonchev–Trinajstić information content (AvgIpc) is 3.11. The third kappa shape index (κ3) is 4.43. The Morgan fingerprint density at radius 1 is 1.32 bits per heavy atom. The van der Waals surface area contributed by atoms with Crippen molar-refractivity contribution in [1.82, 2.24) is 20.2 Å². The lowest BCUT2D eigenvalue weighted by Crippen LogP contribution is -2.36. The Balaban J connectivity index is 1.67. The van der Waals surface area contributed by atoms with Crippen molar-refractivity contribution in [1.29, 1.82) is 5.26 Å². The van der Waals surface area contributed by atoms with Crippen LogP contribution in [0.5, 0.6) is 5.75 Å². The number of nitrogens with zero attached hydrogens (tertiary/aromatic N) is 4. The van der Waals surface area contributed by atoms with E-state index < -0.39 is 0 Å². The molecule has 4 rings (SSSR count). The van der Waals surface area contributed by atoms with Gasteiger partial charge in [-0.3, -0.25) is 0 Å². The Morgan fingerprint density at radius 3 is 2.84 bits per heavy atom. The number of carbonyl (C=O) groups is 1. The van der Waals surface area contributed by atoms with Gasteiger partial charge >= 0.3 is 6.03 Å². The van der Waals surface area contributed by atoms with E-state index in [4.69, 9.17) is 38.9 Å². The van der Waals surface area contributed by atoms with E-state index in [0.29, 0.717) is 65.3 Å². The monoisotopic (exact) mass is 456 g/mol. The highest BCUT2D eigenvalue weighted by atomic mass is 35.5. The van der Waals surface area contributed by atoms with Gasteiger partial charge < -0.3 is 20.7 Å². The Morgan fingerprint density at radius 2 is 2.13 bits per heavy atom. The Kier molecular flexibility index (Phi) is 5.98. The van der Waals surface area contributed by atoms with Crippen LogP contribution in [0.15, 0.2) is 36.1 Å². The molecule has 2 aromatic rings. The molecule has 1 aromatic carbocycles. The highest BCUT2D eigenvalue weighted by Crippen LogP contribution is 2.42. The molecular formula is C21H18Cl2N6O2. The first-order chi connectivity index (χ1) is 15.0. The highest BCUT2D eigenvalue weighted by molar-refractivity contribution is 6.37. The predicted molar refractivity (Wildman–Crippen MR) is 117 cm³/mol. The summed E-state index contributed by atoms with van der Waals surface area (Å²) in [6.07, 6.45) is 6.40. The van der Waals surface area contributed by atoms with E-state index in [2.05, 4.69) is 21.4 Å². The second-order valence-electron chi connectivity index (χ2n) is 6.99. The number of hydrogen-bond donors (Lipinski definition) is 2. The maximum atomic E-state index is 12.6. The topological polar surface area (TPSA) is 117 Å². The number of carbonyl (C=O) groups excluding carboxylic acids is 1. The van der Waals surface area contributed by atoms with Crippen molar-refractivity contribution in [2.75, 3.05) is 12.3 Å². The van der Waals surface area contributed by atoms with Gasteiger partial charge in [-0.25, -0.2) is 14.8 Å². The third-order valence-electron chi connectivity index (χ3n) is 4.84. The second-order valence-corrected chi connectivity index (χ2v) is 7.84. The fourth-order valence-corrected chi connectivity index (χ4v) is 3.89. The van der Waals surface area contributed by atoms with E-state index >= 15 is 0 Å². The SMILES string of the molecule is N#CCCCOc1cc(Cl)cc(Cl)c1-c1nc(N)nc2c1CN(C(=O)NC1=CC=C1)C2. The molecule has 3 N–H and O–H groups in total. The molecule has 0 atom stereocenters. The van der Waals surface area contributed by atoms with Gasteiger partial charge in [-0.15, -0.1) is 0 Å². The summed E-state index contributed by atoms with van der Waals surface area (Å²) >= 11 is 12.7. The van der Waals surface area contributed by atoms with Crippen LogP contribution in [0.3, 0.4) is 0 Å². The van der Waals surface area contributed by atoms with Crippen LogP contribution in [0.2, 0.25) is 10.0 Å². The van der Waals surface area contributed by atoms with Gasteiger partial charge in [0.25, 0.3) is 0 Å². The number of nitrogen functional groups attached to an aromatic ring is 1. The van der Waals surface area contributed by atoms with Crippen LogP contribution in [0, 0.1) is 11.3 Å². The first kappa shape index (κ1) is 21.0. The van der Waals surface area contributed by atoms with Gasteiger partial charge in [-0.2, -0.15) is 5.26 Å². The molecule has 1 aromatic heterocycles. The van der Waals surface area contributed by atoms with Gasteiger partial charge in [0.1, 0.15) is 5.75 Å². The van der Waals surface area contributed by atoms with Crippen molar-refractivity contribution in [3.05, 3.63) is 57.4 Å². The zero-order valence-electron chi connectivity index (χ0n) is 16.4. The number of nitrogens with two attached hydrogens (primary N) is 1. The van der Waals surface area contributed by atoms with Gasteiger partial charge in [-0.1, -0.05) is 29.3 Å². The summed E-state index contributed by atoms with van der Waals surface area (Å²) < 4.78 is 5.87. The Bertz CT molecular complexity index is 1160. The molecule has 8 nitrogen and oxygen atoms in total. The average molecular weight is 457 g/mol. The van der Waals surface area contributed by atoms with Gasteiger partial charge in [0.15, 0.2) is 0 Å². The lowest BCUT2D eigenvalue weighted by atomic mass is 10.0. The normalized spacial score (nSPS) is 13.8. The largest absolute Gasteiger partial charge is 0.493 e. The van der Waals surface area contributed by atoms with Crippen LogP contribution in [0.1, 0.15) is 24.1 Å². The Hall–Kier alpha value is -3.28. The number of fused-ring (bicyclic) bond motifs is 1. The fourth-order valence-electron chi connectivity index (χ4n) is 3.33. The smallest absolute Gasteiger partial charge is 0.322 e. The highest BCUT2D eigenvalue weighted by Gasteiger charge is 2.31. The number of aromatic nitrogens is 2. The van der Waals surface area contributed by atoms with Crippen molar-refractivity contribution in [3.8, 4) is 23.1 Å². The van der Waals surface area contributed by atoms with Gasteiger partial charge in [-0.05, 0) is 30.7 Å². The van der Waals surface area contributed by atoms with E-state index in [-0.39, 0.29) is 12.0 Å². The number of anilines is 1. The van der Waals surface area contributed by atoms with Crippen molar-refractivity contribution < 1.29 is 9.53 Å². The number of allylic oxidation sites excluding steroid dienone is 3. The van der Waals surface area contributed by atoms with Crippen molar-refractivity contribution in [3.63, 3.8) is 0 Å². The van der Waals surface area contributed by atoms with Crippen LogP contribution >= 0.6 is 23.2 Å². The summed E-state index contributed by atoms with van der Waals surface area (Å²) in [5.74, 6) is 0.505. The summed E-state index contributed by atoms with van der Waals surface area (Å²) in [4.78, 5) is 23.0. The fraction of sp³-hybridized carbons (Fsp3) is 0.238. The predicted octanol–water partition coefficient (Wildman–Crippen LogP) is 4.19. The molecule has 0 saturated carbocycles. The molecule has 2 aliphatic rings. The quantitative estimate of drug-likeness (QED) is 0.628. The van der Waals surface area contributed by atoms with Crippen LogP contribution in [-0.4, -0.2) is 27.5 Å². The molecule has 2 amide bonds. The summed E-state index contributed by atoms with van der Waals surface area (Å²) in [7, 11) is 0. The summed E-state index contributed by atoms with van der Waals surface area (Å²) in [6.45, 7) is 0.902. The number of halogens is 2. The van der Waals surface area contributed by atoms with Crippen LogP contribution in [-0.2, 0) is 13.1 Å². The molecule has 1 aliphatic heterocycles. The van der Waals surface area contributed by atoms with Gasteiger partial charge in [0.2, 0.25) is 5.95 Å². The zero-order valence-corrected chi connectivity index (χ0v) is 17.9. The lowest BCUT2D eigenvalue weighted by Gasteiger charge is -2.18. The maximum absolute atomic E-state index is 12.6. The van der Waals surface area contributed by atoms with Crippen molar-refractivity contribution in [2.24, 2.45) is 0 Å². The zero-order chi connectivity index (χ0) is 22.0. The van der Waals surface area contributed by atoms with E-state index in [1.807, 2.05) is 18.2 Å². The molecule has 31 heavy (non-hydrogen) atoms. The molecule has 10 heteroatoms. The number of rotatable bonds is 6. The number of nitriles is 1. The number of hydrogen-bond acceptors (Lipinski definition) is 6. The van der Waals surface area contributed by atoms with E-state index in [1.54, 1.807) is 17.0 Å². The molecule has 0 saturated heterocycles. The summed E-state index contributed by atoms with van der Waals surface area (Å²) in [6, 6.07) is 5.08. The number of ether oxygens (including phenoxy) is 1. The summed E-state index contributed by atoms with van der Waals surface area (Å²) in [5, 5.41) is 12.3. The minimum Gasteiger partial charge on any atom is -0.493 e. The molecular weight excluding hydrogens is 439 g/mol. The molecule has 0 bridgehead atoms. The van der Waals surface area contributed by atoms with Crippen molar-refractivity contribution in [2.45, 2.75) is 25.9 Å². The molecule has 0 radical (unpaired) electrons. The van der Waals surface area contributed by atoms with Crippen molar-refractivity contribution >= 4 is 35.2 Å². The Labute approximate surface area is 188 Å². The first-order valence-corrected chi connectivity index (χ1v) is 10.3. The standard InChI is InChI=1S/C21H18Cl2N6O2/c22-12-8-15(23)18(17(9-12)31-7-2-1-6-24)19-14-10-29(11-16(14)27-20(25)28-19)21(30)26-13-4-3-5-13/h3-5,8-9H,1-2,7,10-11H2,(H,26,30)(H2,25,27,28). The number of benzene rings is 1. The summed E-state index contributed by atoms with van der Waals surface area (Å²) in [5.41, 5.74) is 9.14. The third-order valence-corrected chi connectivity index (χ3v) is 5.35. The lowest BCUT2D eigenvalue weighted by molar-refractivity contribution is 0.201. The number of nitrogens with one attached hydrogen (secondary N) is 1. The van der Waals surface area contributed by atoms with E-state index in [0.717, 1.165) is 11.3 Å². The van der Waals surface area contributed by atoms with E-state index in [9.17, 15) is 4.79 Å². The number of urea groups is 1. The molecule has 0 spiro atoms. The molecule has 0 fully saturated rings.